The molecule has 1 saturated carbocycles. The number of aromatic hydroxyl groups is 1. The third-order valence-corrected chi connectivity index (χ3v) is 9.58. The number of ketones is 2. The van der Waals surface area contributed by atoms with E-state index in [0.717, 1.165) is 6.07 Å². The van der Waals surface area contributed by atoms with Crippen molar-refractivity contribution in [1.29, 1.82) is 0 Å². The number of nitrogens with zero attached hydrogens (tertiary/aromatic N) is 3. The van der Waals surface area contributed by atoms with Crippen LogP contribution < -0.4 is 5.73 Å². The number of aliphatic hydroxyl groups is 3. The van der Waals surface area contributed by atoms with Gasteiger partial charge in [0.05, 0.1) is 17.2 Å². The van der Waals surface area contributed by atoms with Crippen molar-refractivity contribution in [1.82, 2.24) is 14.7 Å². The first-order chi connectivity index (χ1) is 20.0. The number of amides is 1. The van der Waals surface area contributed by atoms with Gasteiger partial charge in [0, 0.05) is 37.2 Å². The van der Waals surface area contributed by atoms with Gasteiger partial charge in [-0.05, 0) is 63.6 Å². The minimum absolute atomic E-state index is 0.162. The molecule has 234 valence electrons. The van der Waals surface area contributed by atoms with Crippen molar-refractivity contribution in [3.05, 3.63) is 45.2 Å². The molecule has 11 nitrogen and oxygen atoms in total. The standard InChI is InChI=1S/C29H35F3N4O7/c1-5-36-7-6-35(4)16(11-36)13-10-17(37)19-14(21(13)29(30,31)32)8-12-9-15-22(34(2)3)24(39)20(27(33)42)26(41)28(15,43)25(40)18(12)23(19)38/h10,12,15-16,22,37-38,41,43H,5-9,11H2,1-4H3,(H2,33,42)/t12-,15-,16?,22-,28-/m0/s1. The van der Waals surface area contributed by atoms with E-state index in [1.807, 2.05) is 11.8 Å². The van der Waals surface area contributed by atoms with Crippen LogP contribution in [0.3, 0.4) is 0 Å². The summed E-state index contributed by atoms with van der Waals surface area (Å²) in [6, 6.07) is -1.10. The summed E-state index contributed by atoms with van der Waals surface area (Å²) in [5.74, 6) is -9.00. The predicted octanol–water partition coefficient (Wildman–Crippen LogP) is 1.29. The highest BCUT2D eigenvalue weighted by atomic mass is 19.4. The van der Waals surface area contributed by atoms with Gasteiger partial charge in [-0.1, -0.05) is 6.92 Å². The average molecular weight is 609 g/mol. The van der Waals surface area contributed by atoms with E-state index in [4.69, 9.17) is 5.73 Å². The van der Waals surface area contributed by atoms with E-state index in [0.29, 0.717) is 19.6 Å². The number of Topliss-reactive ketones (excluding diaryl/α,β-unsaturated/α-hetero) is 2. The lowest BCUT2D eigenvalue weighted by atomic mass is 9.57. The van der Waals surface area contributed by atoms with E-state index in [1.54, 1.807) is 11.9 Å². The molecule has 0 radical (unpaired) electrons. The number of hydrogen-bond donors (Lipinski definition) is 5. The Labute approximate surface area is 245 Å². The number of fused-ring (bicyclic) bond motifs is 3. The second-order valence-corrected chi connectivity index (χ2v) is 12.1. The fraction of sp³-hybridized carbons (Fsp3) is 0.552. The fourth-order valence-electron chi connectivity index (χ4n) is 7.50. The largest absolute Gasteiger partial charge is 0.508 e. The number of hydrogen-bond acceptors (Lipinski definition) is 10. The number of rotatable bonds is 4. The highest BCUT2D eigenvalue weighted by Crippen LogP contribution is 2.55. The van der Waals surface area contributed by atoms with Gasteiger partial charge in [0.15, 0.2) is 11.4 Å². The minimum Gasteiger partial charge on any atom is -0.508 e. The van der Waals surface area contributed by atoms with Gasteiger partial charge in [-0.3, -0.25) is 24.2 Å². The summed E-state index contributed by atoms with van der Waals surface area (Å²) >= 11 is 0. The molecule has 1 heterocycles. The topological polar surface area (TPSA) is 168 Å². The summed E-state index contributed by atoms with van der Waals surface area (Å²) in [6.45, 7) is 3.95. The number of piperazine rings is 1. The minimum atomic E-state index is -4.90. The quantitative estimate of drug-likeness (QED) is 0.314. The first kappa shape index (κ1) is 31.0. The third-order valence-electron chi connectivity index (χ3n) is 9.58. The number of halogens is 3. The Morgan fingerprint density at radius 2 is 1.84 bits per heavy atom. The van der Waals surface area contributed by atoms with Crippen LogP contribution in [0.15, 0.2) is 23.0 Å². The van der Waals surface area contributed by atoms with Crippen LogP contribution in [0.4, 0.5) is 13.2 Å². The van der Waals surface area contributed by atoms with Gasteiger partial charge in [-0.2, -0.15) is 13.2 Å². The molecule has 0 aromatic heterocycles. The fourth-order valence-corrected chi connectivity index (χ4v) is 7.50. The zero-order chi connectivity index (χ0) is 31.9. The summed E-state index contributed by atoms with van der Waals surface area (Å²) in [6.07, 6.45) is -5.65. The van der Waals surface area contributed by atoms with Crippen molar-refractivity contribution < 1.29 is 48.0 Å². The molecule has 5 atom stereocenters. The lowest BCUT2D eigenvalue weighted by Crippen LogP contribution is -2.65. The van der Waals surface area contributed by atoms with Crippen molar-refractivity contribution in [2.24, 2.45) is 17.6 Å². The molecular formula is C29H35F3N4O7. The normalized spacial score (nSPS) is 30.4. The zero-order valence-corrected chi connectivity index (χ0v) is 24.2. The lowest BCUT2D eigenvalue weighted by Gasteiger charge is -2.50. The number of benzene rings is 1. The van der Waals surface area contributed by atoms with E-state index >= 15 is 0 Å². The van der Waals surface area contributed by atoms with Crippen molar-refractivity contribution in [2.45, 2.75) is 43.6 Å². The Hall–Kier alpha value is -3.46. The average Bonchev–Trinajstić information content (AvgIpc) is 2.89. The second kappa shape index (κ2) is 10.3. The highest BCUT2D eigenvalue weighted by molar-refractivity contribution is 6.24. The number of alkyl halides is 3. The van der Waals surface area contributed by atoms with Crippen LogP contribution in [-0.4, -0.2) is 112 Å². The maximum absolute atomic E-state index is 14.9. The molecule has 14 heteroatoms. The summed E-state index contributed by atoms with van der Waals surface area (Å²) < 4.78 is 44.8. The summed E-state index contributed by atoms with van der Waals surface area (Å²) in [5, 5.41) is 45.1. The number of likely N-dealkylation sites (N-methyl/N-ethyl adjacent to an activating group) is 3. The Kier molecular flexibility index (Phi) is 7.44. The molecule has 1 aliphatic heterocycles. The summed E-state index contributed by atoms with van der Waals surface area (Å²) in [4.78, 5) is 44.4. The number of carbonyl (C=O) groups excluding carboxylic acids is 3. The number of phenolic OH excluding ortho intramolecular Hbond substituents is 1. The van der Waals surface area contributed by atoms with Crippen LogP contribution >= 0.6 is 0 Å². The molecular weight excluding hydrogens is 573 g/mol. The van der Waals surface area contributed by atoms with E-state index < -0.39 is 105 Å². The summed E-state index contributed by atoms with van der Waals surface area (Å²) in [5.41, 5.74) is -1.19. The molecule has 43 heavy (non-hydrogen) atoms. The second-order valence-electron chi connectivity index (χ2n) is 12.1. The molecule has 1 aromatic rings. The molecule has 1 amide bonds. The Morgan fingerprint density at radius 1 is 1.19 bits per heavy atom. The van der Waals surface area contributed by atoms with Gasteiger partial charge in [0.2, 0.25) is 5.78 Å². The van der Waals surface area contributed by atoms with Crippen LogP contribution in [0.2, 0.25) is 0 Å². The zero-order valence-electron chi connectivity index (χ0n) is 24.2. The van der Waals surface area contributed by atoms with Gasteiger partial charge in [-0.15, -0.1) is 0 Å². The smallest absolute Gasteiger partial charge is 0.417 e. The number of nitrogens with two attached hydrogens (primary N) is 1. The third kappa shape index (κ3) is 4.45. The lowest BCUT2D eigenvalue weighted by molar-refractivity contribution is -0.153. The van der Waals surface area contributed by atoms with Gasteiger partial charge in [-0.25, -0.2) is 0 Å². The first-order valence-corrected chi connectivity index (χ1v) is 14.0. The molecule has 0 bridgehead atoms. The van der Waals surface area contributed by atoms with Crippen LogP contribution in [0.25, 0.3) is 5.76 Å². The monoisotopic (exact) mass is 608 g/mol. The predicted molar refractivity (Wildman–Crippen MR) is 147 cm³/mol. The van der Waals surface area contributed by atoms with Crippen LogP contribution in [0, 0.1) is 11.8 Å². The van der Waals surface area contributed by atoms with E-state index in [9.17, 15) is 48.0 Å². The van der Waals surface area contributed by atoms with Gasteiger partial charge in [0.1, 0.15) is 22.8 Å². The Bertz CT molecular complexity index is 1490. The van der Waals surface area contributed by atoms with E-state index in [1.165, 1.54) is 19.0 Å². The van der Waals surface area contributed by atoms with Crippen molar-refractivity contribution in [2.75, 3.05) is 47.3 Å². The van der Waals surface area contributed by atoms with Crippen molar-refractivity contribution in [3.8, 4) is 5.75 Å². The molecule has 5 rings (SSSR count). The van der Waals surface area contributed by atoms with Crippen molar-refractivity contribution in [3.63, 3.8) is 0 Å². The molecule has 1 unspecified atom stereocenters. The highest BCUT2D eigenvalue weighted by Gasteiger charge is 2.64. The van der Waals surface area contributed by atoms with Gasteiger partial charge < -0.3 is 31.1 Å². The Balaban J connectivity index is 1.74. The van der Waals surface area contributed by atoms with Crippen LogP contribution in [0.1, 0.15) is 41.6 Å². The van der Waals surface area contributed by atoms with Gasteiger partial charge in [0.25, 0.3) is 5.91 Å². The van der Waals surface area contributed by atoms with E-state index in [-0.39, 0.29) is 18.5 Å². The number of primary amides is 1. The number of aliphatic hydroxyl groups excluding tert-OH is 2. The SMILES string of the molecule is CCN1CCN(C)C(c2cc(O)c3c(c2C(F)(F)F)C[C@H]2C[C@H]4[C@H](N(C)C)C(=O)C(C(N)=O)=C(O)[C@@]4(O)C(=O)C2=C3O)C1. The van der Waals surface area contributed by atoms with Crippen LogP contribution in [0.5, 0.6) is 5.75 Å². The maximum atomic E-state index is 14.9. The first-order valence-electron chi connectivity index (χ1n) is 14.0. The van der Waals surface area contributed by atoms with Gasteiger partial charge >= 0.3 is 6.18 Å². The maximum Gasteiger partial charge on any atom is 0.417 e. The molecule has 6 N–H and O–H groups in total. The number of carbonyl (C=O) groups is 3. The number of phenols is 1. The molecule has 1 saturated heterocycles. The van der Waals surface area contributed by atoms with E-state index in [2.05, 4.69) is 0 Å². The molecule has 1 aromatic carbocycles. The molecule has 2 fully saturated rings. The molecule has 4 aliphatic rings. The Morgan fingerprint density at radius 3 is 2.40 bits per heavy atom. The summed E-state index contributed by atoms with van der Waals surface area (Å²) in [7, 11) is 4.59. The van der Waals surface area contributed by atoms with Crippen LogP contribution in [-0.2, 0) is 27.0 Å². The molecule has 3 aliphatic carbocycles. The molecule has 0 spiro atoms. The van der Waals surface area contributed by atoms with Crippen molar-refractivity contribution >= 4 is 23.2 Å².